The molecule has 2 rings (SSSR count). The molecular weight excluding hydrogens is 250 g/mol. The van der Waals surface area contributed by atoms with Crippen molar-refractivity contribution < 1.29 is 13.9 Å². The van der Waals surface area contributed by atoms with Crippen LogP contribution < -0.4 is 5.32 Å². The maximum absolute atomic E-state index is 13.6. The lowest BCUT2D eigenvalue weighted by Gasteiger charge is -2.09. The molecule has 2 aromatic rings. The van der Waals surface area contributed by atoms with Crippen LogP contribution in [0.25, 0.3) is 0 Å². The summed E-state index contributed by atoms with van der Waals surface area (Å²) in [6.07, 6.45) is 0. The zero-order valence-electron chi connectivity index (χ0n) is 9.82. The van der Waals surface area contributed by atoms with Gasteiger partial charge in [-0.25, -0.2) is 8.78 Å². The van der Waals surface area contributed by atoms with Crippen LogP contribution in [0.3, 0.4) is 0 Å². The molecule has 0 aromatic heterocycles. The summed E-state index contributed by atoms with van der Waals surface area (Å²) in [5, 5.41) is 20.9. The number of nitriles is 1. The minimum Gasteiger partial charge on any atom is -0.508 e. The smallest absolute Gasteiger partial charge is 0.147 e. The van der Waals surface area contributed by atoms with Crippen molar-refractivity contribution in [3.8, 4) is 11.8 Å². The number of halogens is 2. The standard InChI is InChI=1S/C14H10F2N2O/c15-11-2-4-14(19)10(6-11)8-18-13-3-1-9(7-17)5-12(13)16/h1-6,18-19H,8H2. The summed E-state index contributed by atoms with van der Waals surface area (Å²) < 4.78 is 26.6. The molecule has 19 heavy (non-hydrogen) atoms. The number of rotatable bonds is 3. The lowest BCUT2D eigenvalue weighted by Crippen LogP contribution is -2.02. The lowest BCUT2D eigenvalue weighted by atomic mass is 10.1. The quantitative estimate of drug-likeness (QED) is 0.891. The predicted octanol–water partition coefficient (Wildman–Crippen LogP) is 3.15. The van der Waals surface area contributed by atoms with Crippen molar-refractivity contribution in [2.45, 2.75) is 6.54 Å². The summed E-state index contributed by atoms with van der Waals surface area (Å²) in [6.45, 7) is 0.0758. The molecule has 0 fully saturated rings. The number of aromatic hydroxyl groups is 1. The van der Waals surface area contributed by atoms with E-state index in [9.17, 15) is 13.9 Å². The zero-order chi connectivity index (χ0) is 13.8. The van der Waals surface area contributed by atoms with E-state index >= 15 is 0 Å². The SMILES string of the molecule is N#Cc1ccc(NCc2cc(F)ccc2O)c(F)c1. The van der Waals surface area contributed by atoms with Crippen molar-refractivity contribution in [1.82, 2.24) is 0 Å². The van der Waals surface area contributed by atoms with Crippen LogP contribution in [0, 0.1) is 23.0 Å². The van der Waals surface area contributed by atoms with Crippen LogP contribution in [-0.4, -0.2) is 5.11 Å². The van der Waals surface area contributed by atoms with Crippen LogP contribution in [-0.2, 0) is 6.54 Å². The van der Waals surface area contributed by atoms with Crippen molar-refractivity contribution in [2.24, 2.45) is 0 Å². The topological polar surface area (TPSA) is 56.0 Å². The Balaban J connectivity index is 2.15. The number of hydrogen-bond acceptors (Lipinski definition) is 3. The maximum atomic E-state index is 13.6. The molecule has 0 saturated heterocycles. The third-order valence-electron chi connectivity index (χ3n) is 2.61. The van der Waals surface area contributed by atoms with Gasteiger partial charge in [-0.2, -0.15) is 5.26 Å². The first kappa shape index (κ1) is 12.8. The molecular formula is C14H10F2N2O. The Bertz CT molecular complexity index is 650. The Morgan fingerprint density at radius 2 is 1.95 bits per heavy atom. The summed E-state index contributed by atoms with van der Waals surface area (Å²) in [7, 11) is 0. The largest absolute Gasteiger partial charge is 0.508 e. The number of phenols is 1. The van der Waals surface area contributed by atoms with Crippen molar-refractivity contribution in [3.05, 3.63) is 59.2 Å². The molecule has 0 atom stereocenters. The number of phenolic OH excluding ortho intramolecular Hbond substituents is 1. The summed E-state index contributed by atoms with van der Waals surface area (Å²) in [5.74, 6) is -1.12. The molecule has 0 heterocycles. The molecule has 0 aliphatic carbocycles. The van der Waals surface area contributed by atoms with Gasteiger partial charge in [-0.1, -0.05) is 0 Å². The van der Waals surface area contributed by atoms with Gasteiger partial charge in [0.05, 0.1) is 17.3 Å². The summed E-state index contributed by atoms with van der Waals surface area (Å²) >= 11 is 0. The van der Waals surface area contributed by atoms with E-state index < -0.39 is 11.6 Å². The van der Waals surface area contributed by atoms with E-state index in [-0.39, 0.29) is 23.5 Å². The first-order valence-corrected chi connectivity index (χ1v) is 5.51. The molecule has 0 aliphatic rings. The van der Waals surface area contributed by atoms with E-state index in [2.05, 4.69) is 5.32 Å². The molecule has 5 heteroatoms. The van der Waals surface area contributed by atoms with Crippen molar-refractivity contribution in [3.63, 3.8) is 0 Å². The van der Waals surface area contributed by atoms with E-state index in [0.29, 0.717) is 5.56 Å². The minimum absolute atomic E-state index is 0.0667. The average Bonchev–Trinajstić information content (AvgIpc) is 2.40. The fourth-order valence-electron chi connectivity index (χ4n) is 1.61. The van der Waals surface area contributed by atoms with Crippen molar-refractivity contribution in [2.75, 3.05) is 5.32 Å². The van der Waals surface area contributed by atoms with Crippen LogP contribution >= 0.6 is 0 Å². The van der Waals surface area contributed by atoms with Gasteiger partial charge in [0.15, 0.2) is 0 Å². The highest BCUT2D eigenvalue weighted by Crippen LogP contribution is 2.21. The van der Waals surface area contributed by atoms with Gasteiger partial charge < -0.3 is 10.4 Å². The summed E-state index contributed by atoms with van der Waals surface area (Å²) in [6, 6.07) is 9.37. The Hall–Kier alpha value is -2.61. The molecule has 0 bridgehead atoms. The molecule has 0 saturated carbocycles. The van der Waals surface area contributed by atoms with E-state index in [1.165, 1.54) is 24.3 Å². The molecule has 96 valence electrons. The highest BCUT2D eigenvalue weighted by Gasteiger charge is 2.06. The fourth-order valence-corrected chi connectivity index (χ4v) is 1.61. The van der Waals surface area contributed by atoms with E-state index in [0.717, 1.165) is 12.1 Å². The van der Waals surface area contributed by atoms with Crippen LogP contribution in [0.4, 0.5) is 14.5 Å². The van der Waals surface area contributed by atoms with Crippen LogP contribution in [0.15, 0.2) is 36.4 Å². The van der Waals surface area contributed by atoms with Crippen LogP contribution in [0.5, 0.6) is 5.75 Å². The first-order valence-electron chi connectivity index (χ1n) is 5.51. The van der Waals surface area contributed by atoms with E-state index in [4.69, 9.17) is 5.26 Å². The molecule has 2 aromatic carbocycles. The zero-order valence-corrected chi connectivity index (χ0v) is 9.82. The van der Waals surface area contributed by atoms with Gasteiger partial charge in [0, 0.05) is 12.1 Å². The predicted molar refractivity (Wildman–Crippen MR) is 66.5 cm³/mol. The second-order valence-corrected chi connectivity index (χ2v) is 3.93. The first-order chi connectivity index (χ1) is 9.10. The number of nitrogens with zero attached hydrogens (tertiary/aromatic N) is 1. The molecule has 2 N–H and O–H groups in total. The van der Waals surface area contributed by atoms with Crippen molar-refractivity contribution >= 4 is 5.69 Å². The fraction of sp³-hybridized carbons (Fsp3) is 0.0714. The van der Waals surface area contributed by atoms with Gasteiger partial charge in [0.2, 0.25) is 0 Å². The van der Waals surface area contributed by atoms with Crippen LogP contribution in [0.2, 0.25) is 0 Å². The van der Waals surface area contributed by atoms with Crippen molar-refractivity contribution in [1.29, 1.82) is 5.26 Å². The van der Waals surface area contributed by atoms with E-state index in [1.807, 2.05) is 6.07 Å². The van der Waals surface area contributed by atoms with Gasteiger partial charge in [0.1, 0.15) is 17.4 Å². The highest BCUT2D eigenvalue weighted by molar-refractivity contribution is 5.49. The molecule has 0 spiro atoms. The third-order valence-corrected chi connectivity index (χ3v) is 2.61. The Labute approximate surface area is 108 Å². The number of anilines is 1. The number of nitrogens with one attached hydrogen (secondary N) is 1. The Morgan fingerprint density at radius 1 is 1.16 bits per heavy atom. The second-order valence-electron chi connectivity index (χ2n) is 3.93. The summed E-state index contributed by atoms with van der Waals surface area (Å²) in [5.41, 5.74) is 0.725. The molecule has 0 unspecified atom stereocenters. The monoisotopic (exact) mass is 260 g/mol. The van der Waals surface area contributed by atoms with Crippen LogP contribution in [0.1, 0.15) is 11.1 Å². The molecule has 3 nitrogen and oxygen atoms in total. The second kappa shape index (κ2) is 5.36. The third kappa shape index (κ3) is 2.99. The molecule has 0 amide bonds. The van der Waals surface area contributed by atoms with Gasteiger partial charge in [-0.3, -0.25) is 0 Å². The number of hydrogen-bond donors (Lipinski definition) is 2. The number of benzene rings is 2. The molecule has 0 radical (unpaired) electrons. The lowest BCUT2D eigenvalue weighted by molar-refractivity contribution is 0.466. The maximum Gasteiger partial charge on any atom is 0.147 e. The average molecular weight is 260 g/mol. The van der Waals surface area contributed by atoms with Gasteiger partial charge >= 0.3 is 0 Å². The Morgan fingerprint density at radius 3 is 2.63 bits per heavy atom. The van der Waals surface area contributed by atoms with Gasteiger partial charge in [-0.05, 0) is 36.4 Å². The molecule has 0 aliphatic heterocycles. The van der Waals surface area contributed by atoms with E-state index in [1.54, 1.807) is 0 Å². The summed E-state index contributed by atoms with van der Waals surface area (Å²) in [4.78, 5) is 0. The highest BCUT2D eigenvalue weighted by atomic mass is 19.1. The normalized spacial score (nSPS) is 9.95. The van der Waals surface area contributed by atoms with Gasteiger partial charge in [0.25, 0.3) is 0 Å². The Kier molecular flexibility index (Phi) is 3.62. The minimum atomic E-state index is -0.574. The van der Waals surface area contributed by atoms with Gasteiger partial charge in [-0.15, -0.1) is 0 Å².